The molecule has 0 aliphatic heterocycles. The standard InChI is InChI=1S/C90H54N6S/c91-55-75-86(93-76-35-17-13-30-65(76)69-44-39-60(50-80(69)93)56-22-5-1-6-23-56)88(95-78-37-19-15-32-67(78)71-46-41-62(52-82(71)95)58-26-9-3-10-27-58)85(64-43-48-73-74-34-21-49-92-90(74)97-84(73)54-64)89(96-79-38-20-16-33-68(79)72-47-42-63(53-83(72)96)59-28-11-4-12-29-59)87(75)94-77-36-18-14-31-66(77)70-45-40-61(51-81(70)94)57-24-7-2-8-25-57/h1-54H. The zero-order valence-electron chi connectivity index (χ0n) is 52.3. The number of nitrogens with zero attached hydrogens (tertiary/aromatic N) is 6. The number of pyridine rings is 1. The quantitative estimate of drug-likeness (QED) is 0.145. The highest BCUT2D eigenvalue weighted by molar-refractivity contribution is 7.25. The van der Waals surface area contributed by atoms with Gasteiger partial charge in [-0.15, -0.1) is 11.3 Å². The van der Waals surface area contributed by atoms with E-state index < -0.39 is 0 Å². The molecule has 0 amide bonds. The molecule has 0 radical (unpaired) electrons. The van der Waals surface area contributed by atoms with Gasteiger partial charge in [-0.05, 0) is 117 Å². The van der Waals surface area contributed by atoms with Crippen molar-refractivity contribution in [2.75, 3.05) is 0 Å². The second-order valence-corrected chi connectivity index (χ2v) is 26.3. The lowest BCUT2D eigenvalue weighted by molar-refractivity contribution is 1.04. The lowest BCUT2D eigenvalue weighted by Gasteiger charge is -2.29. The first kappa shape index (κ1) is 54.7. The molecule has 0 fully saturated rings. The monoisotopic (exact) mass is 1250 g/mol. The van der Waals surface area contributed by atoms with Crippen LogP contribution in [-0.2, 0) is 0 Å². The molecule has 20 aromatic rings. The van der Waals surface area contributed by atoms with E-state index >= 15 is 0 Å². The number of fused-ring (bicyclic) bond motifs is 15. The smallest absolute Gasteiger partial charge is 0.124 e. The van der Waals surface area contributed by atoms with Gasteiger partial charge >= 0.3 is 0 Å². The van der Waals surface area contributed by atoms with Crippen LogP contribution in [0.3, 0.4) is 0 Å². The molecule has 0 aliphatic carbocycles. The molecule has 97 heavy (non-hydrogen) atoms. The van der Waals surface area contributed by atoms with Gasteiger partial charge in [0.05, 0.1) is 66.9 Å². The number of hydrogen-bond donors (Lipinski definition) is 0. The number of para-hydroxylation sites is 4. The fourth-order valence-corrected chi connectivity index (χ4v) is 16.9. The number of thiophene rings is 1. The highest BCUT2D eigenvalue weighted by atomic mass is 32.1. The first-order valence-electron chi connectivity index (χ1n) is 32.9. The summed E-state index contributed by atoms with van der Waals surface area (Å²) in [4.78, 5) is 5.97. The van der Waals surface area contributed by atoms with Crippen LogP contribution in [0.2, 0.25) is 0 Å². The third kappa shape index (κ3) is 8.28. The minimum absolute atomic E-state index is 0.497. The van der Waals surface area contributed by atoms with Crippen LogP contribution < -0.4 is 0 Å². The van der Waals surface area contributed by atoms with Crippen LogP contribution in [0, 0.1) is 11.3 Å². The Morgan fingerprint density at radius 2 is 0.546 bits per heavy atom. The number of hydrogen-bond acceptors (Lipinski definition) is 3. The van der Waals surface area contributed by atoms with Crippen LogP contribution in [0.5, 0.6) is 0 Å². The molecule has 0 bridgehead atoms. The molecular formula is C90H54N6S. The maximum absolute atomic E-state index is 13.6. The molecule has 6 aromatic heterocycles. The molecular weight excluding hydrogens is 1200 g/mol. The maximum Gasteiger partial charge on any atom is 0.124 e. The van der Waals surface area contributed by atoms with Crippen molar-refractivity contribution < 1.29 is 0 Å². The van der Waals surface area contributed by atoms with Crippen LogP contribution in [0.25, 0.3) is 186 Å². The Balaban J connectivity index is 1.10. The van der Waals surface area contributed by atoms with Gasteiger partial charge in [0, 0.05) is 70.3 Å². The summed E-state index contributed by atoms with van der Waals surface area (Å²) >= 11 is 1.72. The fourth-order valence-electron chi connectivity index (χ4n) is 15.8. The van der Waals surface area contributed by atoms with Gasteiger partial charge in [-0.2, -0.15) is 5.26 Å². The molecule has 0 N–H and O–H groups in total. The number of rotatable bonds is 9. The van der Waals surface area contributed by atoms with Crippen molar-refractivity contribution in [2.45, 2.75) is 0 Å². The Labute approximate surface area is 561 Å². The SMILES string of the molecule is N#Cc1c(-n2c3ccccc3c3ccc(-c4ccccc4)cc32)c(-n2c3ccccc3c3ccc(-c4ccccc4)cc32)c(-c2ccc3c(c2)sc2ncccc23)c(-n2c3ccccc3c3ccc(-c4ccccc4)cc32)c1-n1c2ccccc2c2ccc(-c3ccccc3)cc21. The van der Waals surface area contributed by atoms with Crippen LogP contribution in [0.15, 0.2) is 328 Å². The van der Waals surface area contributed by atoms with Gasteiger partial charge < -0.3 is 18.3 Å². The van der Waals surface area contributed by atoms with E-state index in [1.807, 2.05) is 12.3 Å². The van der Waals surface area contributed by atoms with Crippen LogP contribution in [0.1, 0.15) is 5.56 Å². The minimum atomic E-state index is 0.497. The van der Waals surface area contributed by atoms with E-state index in [0.717, 1.165) is 186 Å². The van der Waals surface area contributed by atoms with Gasteiger partial charge in [-0.1, -0.05) is 255 Å². The van der Waals surface area contributed by atoms with Gasteiger partial charge in [0.25, 0.3) is 0 Å². The van der Waals surface area contributed by atoms with Crippen molar-refractivity contribution in [1.29, 1.82) is 5.26 Å². The zero-order chi connectivity index (χ0) is 63.8. The molecule has 7 heteroatoms. The van der Waals surface area contributed by atoms with Crippen molar-refractivity contribution in [3.05, 3.63) is 333 Å². The molecule has 6 heterocycles. The Morgan fingerprint density at radius 3 is 0.907 bits per heavy atom. The first-order chi connectivity index (χ1) is 48.1. The van der Waals surface area contributed by atoms with Gasteiger partial charge in [0.15, 0.2) is 0 Å². The van der Waals surface area contributed by atoms with Crippen molar-refractivity contribution >= 4 is 119 Å². The van der Waals surface area contributed by atoms with Crippen molar-refractivity contribution in [3.63, 3.8) is 0 Å². The van der Waals surface area contributed by atoms with Gasteiger partial charge in [0.2, 0.25) is 0 Å². The Hall–Kier alpha value is -12.9. The zero-order valence-corrected chi connectivity index (χ0v) is 53.1. The van der Waals surface area contributed by atoms with E-state index in [0.29, 0.717) is 5.56 Å². The van der Waals surface area contributed by atoms with E-state index in [2.05, 4.69) is 340 Å². The second-order valence-electron chi connectivity index (χ2n) is 25.2. The molecule has 0 unspecified atom stereocenters. The summed E-state index contributed by atoms with van der Waals surface area (Å²) in [6, 6.07) is 120. The highest BCUT2D eigenvalue weighted by Gasteiger charge is 2.36. The maximum atomic E-state index is 13.6. The molecule has 0 atom stereocenters. The highest BCUT2D eigenvalue weighted by Crippen LogP contribution is 2.54. The Morgan fingerprint density at radius 1 is 0.247 bits per heavy atom. The molecule has 0 aliphatic rings. The summed E-state index contributed by atoms with van der Waals surface area (Å²) in [6.07, 6.45) is 1.90. The number of nitriles is 1. The van der Waals surface area contributed by atoms with Crippen LogP contribution in [0.4, 0.5) is 0 Å². The summed E-state index contributed by atoms with van der Waals surface area (Å²) in [5.74, 6) is 0. The van der Waals surface area contributed by atoms with Gasteiger partial charge in [-0.3, -0.25) is 0 Å². The summed E-state index contributed by atoms with van der Waals surface area (Å²) in [5, 5.41) is 24.5. The lowest BCUT2D eigenvalue weighted by atomic mass is 9.92. The van der Waals surface area contributed by atoms with Crippen LogP contribution in [-0.4, -0.2) is 23.3 Å². The third-order valence-corrected chi connectivity index (χ3v) is 21.1. The third-order valence-electron chi connectivity index (χ3n) is 20.1. The average Bonchev–Trinajstić information content (AvgIpc) is 1.61. The Kier molecular flexibility index (Phi) is 12.2. The first-order valence-corrected chi connectivity index (χ1v) is 33.7. The van der Waals surface area contributed by atoms with Crippen molar-refractivity contribution in [1.82, 2.24) is 23.3 Å². The van der Waals surface area contributed by atoms with E-state index in [1.54, 1.807) is 11.3 Å². The minimum Gasteiger partial charge on any atom is -0.306 e. The molecule has 0 saturated heterocycles. The predicted molar refractivity (Wildman–Crippen MR) is 406 cm³/mol. The lowest BCUT2D eigenvalue weighted by Crippen LogP contribution is -2.16. The molecule has 0 saturated carbocycles. The van der Waals surface area contributed by atoms with E-state index in [9.17, 15) is 5.26 Å². The molecule has 0 spiro atoms. The summed E-state index contributed by atoms with van der Waals surface area (Å²) in [5.41, 5.74) is 22.2. The second kappa shape index (κ2) is 21.6. The summed E-state index contributed by atoms with van der Waals surface area (Å²) in [7, 11) is 0. The van der Waals surface area contributed by atoms with Gasteiger partial charge in [-0.25, -0.2) is 4.98 Å². The normalized spacial score (nSPS) is 11.9. The average molecular weight is 1250 g/mol. The number of aromatic nitrogens is 5. The van der Waals surface area contributed by atoms with E-state index in [4.69, 9.17) is 4.98 Å². The van der Waals surface area contributed by atoms with Crippen molar-refractivity contribution in [2.24, 2.45) is 0 Å². The topological polar surface area (TPSA) is 56.4 Å². The molecule has 450 valence electrons. The Bertz CT molecular complexity index is 6340. The van der Waals surface area contributed by atoms with Crippen molar-refractivity contribution in [3.8, 4) is 84.5 Å². The van der Waals surface area contributed by atoms with Crippen LogP contribution >= 0.6 is 11.3 Å². The molecule has 14 aromatic carbocycles. The summed E-state index contributed by atoms with van der Waals surface area (Å²) in [6.45, 7) is 0. The predicted octanol–water partition coefficient (Wildman–Crippen LogP) is 24.0. The van der Waals surface area contributed by atoms with E-state index in [-0.39, 0.29) is 0 Å². The number of benzene rings is 14. The fraction of sp³-hybridized carbons (Fsp3) is 0. The molecule has 6 nitrogen and oxygen atoms in total. The largest absolute Gasteiger partial charge is 0.306 e. The van der Waals surface area contributed by atoms with E-state index in [1.165, 1.54) is 0 Å². The molecule has 20 rings (SSSR count). The van der Waals surface area contributed by atoms with Gasteiger partial charge in [0.1, 0.15) is 16.5 Å². The summed E-state index contributed by atoms with van der Waals surface area (Å²) < 4.78 is 11.1.